The summed E-state index contributed by atoms with van der Waals surface area (Å²) >= 11 is 1.48. The first-order valence-corrected chi connectivity index (χ1v) is 10.1. The number of methoxy groups -OCH3 is 2. The lowest BCUT2D eigenvalue weighted by molar-refractivity contribution is -0.306. The number of aliphatic carboxylic acids is 1. The molecule has 1 amide bonds. The third-order valence-corrected chi connectivity index (χ3v) is 6.55. The molecular weight excluding hydrogens is 378 g/mol. The molecule has 0 bridgehead atoms. The molecule has 0 unspecified atom stereocenters. The van der Waals surface area contributed by atoms with Gasteiger partial charge in [0.2, 0.25) is 0 Å². The van der Waals surface area contributed by atoms with Crippen molar-refractivity contribution < 1.29 is 24.2 Å². The van der Waals surface area contributed by atoms with Gasteiger partial charge in [-0.15, -0.1) is 11.3 Å². The van der Waals surface area contributed by atoms with Crippen LogP contribution < -0.4 is 14.6 Å². The Hall–Kier alpha value is -2.54. The van der Waals surface area contributed by atoms with Gasteiger partial charge in [0.25, 0.3) is 5.91 Å². The van der Waals surface area contributed by atoms with Gasteiger partial charge in [0.15, 0.2) is 11.5 Å². The van der Waals surface area contributed by atoms with Crippen LogP contribution in [-0.2, 0) is 17.6 Å². The smallest absolute Gasteiger partial charge is 0.264 e. The number of hydrogen-bond acceptors (Lipinski definition) is 6. The molecule has 28 heavy (non-hydrogen) atoms. The highest BCUT2D eigenvalue weighted by Gasteiger charge is 2.33. The van der Waals surface area contributed by atoms with Gasteiger partial charge in [0.1, 0.15) is 0 Å². The summed E-state index contributed by atoms with van der Waals surface area (Å²) in [5.41, 5.74) is 2.83. The standard InChI is InChI=1S/C21H25NO5S/c1-5-18-12(2)8-19(28-18)21(25)22-7-6-13-9-16(26-3)17(27-4)10-14(13)15(22)11-20(23)24/h8-10,15H,5-7,11H2,1-4H3,(H,23,24)/p-1/t15-/m1/s1. The van der Waals surface area contributed by atoms with Crippen LogP contribution in [0.1, 0.15) is 50.6 Å². The molecule has 0 N–H and O–H groups in total. The monoisotopic (exact) mass is 402 g/mol. The van der Waals surface area contributed by atoms with E-state index in [1.54, 1.807) is 18.1 Å². The van der Waals surface area contributed by atoms with Gasteiger partial charge in [-0.3, -0.25) is 4.79 Å². The van der Waals surface area contributed by atoms with Crippen molar-refractivity contribution in [3.05, 3.63) is 44.6 Å². The van der Waals surface area contributed by atoms with Crippen LogP contribution in [0.15, 0.2) is 18.2 Å². The number of benzene rings is 1. The number of amides is 1. The van der Waals surface area contributed by atoms with Crippen molar-refractivity contribution in [2.45, 2.75) is 39.2 Å². The van der Waals surface area contributed by atoms with Gasteiger partial charge in [0, 0.05) is 23.8 Å². The van der Waals surface area contributed by atoms with E-state index in [4.69, 9.17) is 9.47 Å². The van der Waals surface area contributed by atoms with Crippen LogP contribution >= 0.6 is 11.3 Å². The summed E-state index contributed by atoms with van der Waals surface area (Å²) < 4.78 is 10.7. The van der Waals surface area contributed by atoms with Gasteiger partial charge in [-0.05, 0) is 54.7 Å². The molecular formula is C21H24NO5S-. The lowest BCUT2D eigenvalue weighted by atomic mass is 9.89. The number of fused-ring (bicyclic) bond motifs is 1. The quantitative estimate of drug-likeness (QED) is 0.742. The maximum absolute atomic E-state index is 13.2. The zero-order chi connectivity index (χ0) is 20.4. The second kappa shape index (κ2) is 8.22. The van der Waals surface area contributed by atoms with E-state index in [9.17, 15) is 14.7 Å². The molecule has 1 aliphatic heterocycles. The van der Waals surface area contributed by atoms with Crippen molar-refractivity contribution >= 4 is 23.2 Å². The molecule has 0 saturated carbocycles. The van der Waals surface area contributed by atoms with E-state index >= 15 is 0 Å². The van der Waals surface area contributed by atoms with Gasteiger partial charge in [-0.25, -0.2) is 0 Å². The third kappa shape index (κ3) is 3.71. The Morgan fingerprint density at radius 3 is 2.46 bits per heavy atom. The van der Waals surface area contributed by atoms with E-state index in [1.165, 1.54) is 23.3 Å². The summed E-state index contributed by atoms with van der Waals surface area (Å²) in [6.45, 7) is 4.49. The molecule has 1 aromatic carbocycles. The number of thiophene rings is 1. The maximum Gasteiger partial charge on any atom is 0.264 e. The second-order valence-corrected chi connectivity index (χ2v) is 7.95. The van der Waals surface area contributed by atoms with Crippen LogP contribution in [0.4, 0.5) is 0 Å². The molecule has 150 valence electrons. The molecule has 0 spiro atoms. The molecule has 1 atom stereocenters. The average Bonchev–Trinajstić information content (AvgIpc) is 3.07. The van der Waals surface area contributed by atoms with Crippen LogP contribution in [0.3, 0.4) is 0 Å². The number of ether oxygens (including phenoxy) is 2. The van der Waals surface area contributed by atoms with E-state index in [1.807, 2.05) is 19.1 Å². The minimum Gasteiger partial charge on any atom is -0.550 e. The summed E-state index contributed by atoms with van der Waals surface area (Å²) in [6.07, 6.45) is 1.22. The topological polar surface area (TPSA) is 78.9 Å². The van der Waals surface area contributed by atoms with Crippen LogP contribution in [0.25, 0.3) is 0 Å². The van der Waals surface area contributed by atoms with Gasteiger partial charge in [-0.1, -0.05) is 6.92 Å². The minimum absolute atomic E-state index is 0.139. The van der Waals surface area contributed by atoms with Crippen LogP contribution in [0.2, 0.25) is 0 Å². The van der Waals surface area contributed by atoms with Gasteiger partial charge in [0.05, 0.1) is 25.1 Å². The first-order chi connectivity index (χ1) is 13.4. The van der Waals surface area contributed by atoms with Crippen LogP contribution in [0, 0.1) is 6.92 Å². The Morgan fingerprint density at radius 2 is 1.89 bits per heavy atom. The summed E-state index contributed by atoms with van der Waals surface area (Å²) in [5.74, 6) is -0.227. The molecule has 7 heteroatoms. The highest BCUT2D eigenvalue weighted by atomic mass is 32.1. The fraction of sp³-hybridized carbons (Fsp3) is 0.429. The van der Waals surface area contributed by atoms with Crippen LogP contribution in [0.5, 0.6) is 11.5 Å². The van der Waals surface area contributed by atoms with Crippen molar-refractivity contribution in [1.82, 2.24) is 4.90 Å². The van der Waals surface area contributed by atoms with E-state index in [0.717, 1.165) is 23.1 Å². The Morgan fingerprint density at radius 1 is 1.21 bits per heavy atom. The highest BCUT2D eigenvalue weighted by molar-refractivity contribution is 7.14. The zero-order valence-corrected chi connectivity index (χ0v) is 17.4. The van der Waals surface area contributed by atoms with Gasteiger partial charge in [-0.2, -0.15) is 0 Å². The first kappa shape index (κ1) is 20.2. The number of hydrogen-bond donors (Lipinski definition) is 0. The summed E-state index contributed by atoms with van der Waals surface area (Å²) in [5, 5.41) is 11.5. The normalized spacial score (nSPS) is 15.9. The molecule has 1 aromatic heterocycles. The molecule has 0 fully saturated rings. The predicted molar refractivity (Wildman–Crippen MR) is 105 cm³/mol. The molecule has 2 aromatic rings. The van der Waals surface area contributed by atoms with Crippen LogP contribution in [-0.4, -0.2) is 37.5 Å². The number of carbonyl (C=O) groups is 2. The Labute approximate surface area is 168 Å². The molecule has 1 aliphatic rings. The highest BCUT2D eigenvalue weighted by Crippen LogP contribution is 2.40. The second-order valence-electron chi connectivity index (χ2n) is 6.82. The minimum atomic E-state index is -1.19. The molecule has 0 aliphatic carbocycles. The fourth-order valence-electron chi connectivity index (χ4n) is 3.77. The van der Waals surface area contributed by atoms with E-state index in [-0.39, 0.29) is 12.3 Å². The number of aryl methyl sites for hydroxylation is 2. The Kier molecular flexibility index (Phi) is 5.93. The molecule has 0 radical (unpaired) electrons. The third-order valence-electron chi connectivity index (χ3n) is 5.18. The number of carboxylic acid groups (broad SMARTS) is 1. The number of carboxylic acids is 1. The SMILES string of the molecule is CCc1sc(C(=O)N2CCc3cc(OC)c(OC)cc3[C@H]2CC(=O)[O-])cc1C. The fourth-order valence-corrected chi connectivity index (χ4v) is 4.84. The van der Waals surface area contributed by atoms with E-state index < -0.39 is 12.0 Å². The molecule has 3 rings (SSSR count). The Bertz CT molecular complexity index is 904. The van der Waals surface area contributed by atoms with Gasteiger partial charge >= 0.3 is 0 Å². The van der Waals surface area contributed by atoms with E-state index in [0.29, 0.717) is 29.3 Å². The zero-order valence-electron chi connectivity index (χ0n) is 16.5. The van der Waals surface area contributed by atoms with Crippen molar-refractivity contribution in [1.29, 1.82) is 0 Å². The van der Waals surface area contributed by atoms with Crippen molar-refractivity contribution in [2.24, 2.45) is 0 Å². The average molecular weight is 402 g/mol. The lowest BCUT2D eigenvalue weighted by Gasteiger charge is -2.38. The predicted octanol–water partition coefficient (Wildman–Crippen LogP) is 2.52. The Balaban J connectivity index is 2.02. The van der Waals surface area contributed by atoms with Crippen molar-refractivity contribution in [2.75, 3.05) is 20.8 Å². The molecule has 6 nitrogen and oxygen atoms in total. The van der Waals surface area contributed by atoms with E-state index in [2.05, 4.69) is 6.92 Å². The molecule has 2 heterocycles. The number of nitrogens with zero attached hydrogens (tertiary/aromatic N) is 1. The summed E-state index contributed by atoms with van der Waals surface area (Å²) in [7, 11) is 3.09. The van der Waals surface area contributed by atoms with Crippen molar-refractivity contribution in [3.63, 3.8) is 0 Å². The lowest BCUT2D eigenvalue weighted by Crippen LogP contribution is -2.42. The summed E-state index contributed by atoms with van der Waals surface area (Å²) in [6, 6.07) is 4.93. The maximum atomic E-state index is 13.2. The molecule has 0 saturated heterocycles. The number of carbonyl (C=O) groups excluding carboxylic acids is 2. The summed E-state index contributed by atoms with van der Waals surface area (Å²) in [4.78, 5) is 28.1. The van der Waals surface area contributed by atoms with Crippen molar-refractivity contribution in [3.8, 4) is 11.5 Å². The first-order valence-electron chi connectivity index (χ1n) is 9.24. The van der Waals surface area contributed by atoms with Gasteiger partial charge < -0.3 is 24.3 Å². The largest absolute Gasteiger partial charge is 0.550 e. The number of rotatable bonds is 6.